The molecule has 0 aromatic rings. The van der Waals surface area contributed by atoms with Crippen LogP contribution in [0.4, 0.5) is 4.79 Å². The van der Waals surface area contributed by atoms with Gasteiger partial charge in [-0.2, -0.15) is 11.8 Å². The van der Waals surface area contributed by atoms with Gasteiger partial charge in [-0.15, -0.1) is 0 Å². The molecule has 112 valence electrons. The molecule has 0 radical (unpaired) electrons. The standard InChI is InChI=1S/C13H26N2O3S/c1-5-6-8-19-9-7-10(11(14)16)15-12(17)18-13(2,3)4/h10H,5-9H2,1-4H3,(H2,14,16)(H,15,17)/t10-/m0/s1. The third kappa shape index (κ3) is 10.7. The minimum atomic E-state index is -0.663. The van der Waals surface area contributed by atoms with Crippen molar-refractivity contribution in [3.8, 4) is 0 Å². The maximum atomic E-state index is 11.6. The first-order chi connectivity index (χ1) is 8.76. The van der Waals surface area contributed by atoms with Crippen LogP contribution in [0.2, 0.25) is 0 Å². The van der Waals surface area contributed by atoms with Crippen LogP contribution in [-0.4, -0.2) is 35.1 Å². The monoisotopic (exact) mass is 290 g/mol. The minimum Gasteiger partial charge on any atom is -0.444 e. The summed E-state index contributed by atoms with van der Waals surface area (Å²) in [6, 6.07) is -0.663. The molecule has 1 atom stereocenters. The molecule has 5 nitrogen and oxygen atoms in total. The van der Waals surface area contributed by atoms with Crippen molar-refractivity contribution in [2.75, 3.05) is 11.5 Å². The Hall–Kier alpha value is -0.910. The van der Waals surface area contributed by atoms with Gasteiger partial charge in [-0.25, -0.2) is 4.79 Å². The smallest absolute Gasteiger partial charge is 0.408 e. The molecule has 6 heteroatoms. The third-order valence-corrected chi connectivity index (χ3v) is 3.33. The number of amides is 2. The van der Waals surface area contributed by atoms with Gasteiger partial charge >= 0.3 is 6.09 Å². The average Bonchev–Trinajstić information content (AvgIpc) is 2.24. The Kier molecular flexibility index (Phi) is 8.63. The number of nitrogens with one attached hydrogen (secondary N) is 1. The molecule has 0 spiro atoms. The Labute approximate surface area is 120 Å². The van der Waals surface area contributed by atoms with Crippen LogP contribution in [0.25, 0.3) is 0 Å². The first-order valence-corrected chi connectivity index (χ1v) is 7.78. The van der Waals surface area contributed by atoms with Gasteiger partial charge in [0.05, 0.1) is 0 Å². The van der Waals surface area contributed by atoms with Crippen molar-refractivity contribution in [3.05, 3.63) is 0 Å². The van der Waals surface area contributed by atoms with Gasteiger partial charge in [0.2, 0.25) is 5.91 Å². The number of thioether (sulfide) groups is 1. The number of rotatable bonds is 8. The predicted molar refractivity (Wildman–Crippen MR) is 79.2 cm³/mol. The van der Waals surface area contributed by atoms with Crippen molar-refractivity contribution < 1.29 is 14.3 Å². The van der Waals surface area contributed by atoms with Gasteiger partial charge < -0.3 is 15.8 Å². The highest BCUT2D eigenvalue weighted by Gasteiger charge is 2.22. The molecule has 0 rings (SSSR count). The lowest BCUT2D eigenvalue weighted by atomic mass is 10.2. The number of ether oxygens (including phenoxy) is 1. The molecule has 0 aromatic carbocycles. The predicted octanol–water partition coefficient (Wildman–Crippen LogP) is 2.29. The number of unbranched alkanes of at least 4 members (excludes halogenated alkanes) is 1. The van der Waals surface area contributed by atoms with Crippen LogP contribution in [-0.2, 0) is 9.53 Å². The largest absolute Gasteiger partial charge is 0.444 e. The molecule has 0 bridgehead atoms. The molecule has 0 fully saturated rings. The fourth-order valence-corrected chi connectivity index (χ4v) is 2.38. The van der Waals surface area contributed by atoms with Gasteiger partial charge in [-0.1, -0.05) is 13.3 Å². The summed E-state index contributed by atoms with van der Waals surface area (Å²) in [5.74, 6) is 1.33. The van der Waals surface area contributed by atoms with Crippen molar-refractivity contribution >= 4 is 23.8 Å². The summed E-state index contributed by atoms with van der Waals surface area (Å²) < 4.78 is 5.10. The molecular weight excluding hydrogens is 264 g/mol. The van der Waals surface area contributed by atoms with Crippen LogP contribution in [0.1, 0.15) is 47.0 Å². The van der Waals surface area contributed by atoms with E-state index < -0.39 is 23.6 Å². The normalized spacial score (nSPS) is 12.8. The Morgan fingerprint density at radius 1 is 1.32 bits per heavy atom. The summed E-state index contributed by atoms with van der Waals surface area (Å²) in [5.41, 5.74) is 4.69. The molecule has 0 heterocycles. The number of primary amides is 1. The number of carbonyl (C=O) groups is 2. The topological polar surface area (TPSA) is 81.4 Å². The van der Waals surface area contributed by atoms with E-state index in [4.69, 9.17) is 10.5 Å². The number of alkyl carbamates (subject to hydrolysis) is 1. The molecule has 0 saturated carbocycles. The number of hydrogen-bond acceptors (Lipinski definition) is 4. The van der Waals surface area contributed by atoms with Crippen molar-refractivity contribution in [1.82, 2.24) is 5.32 Å². The van der Waals surface area contributed by atoms with Gasteiger partial charge in [0.1, 0.15) is 11.6 Å². The molecule has 0 aromatic heterocycles. The van der Waals surface area contributed by atoms with Gasteiger partial charge in [0.25, 0.3) is 0 Å². The van der Waals surface area contributed by atoms with Crippen LogP contribution in [0.15, 0.2) is 0 Å². The highest BCUT2D eigenvalue weighted by Crippen LogP contribution is 2.10. The van der Waals surface area contributed by atoms with Crippen molar-refractivity contribution in [3.63, 3.8) is 0 Å². The van der Waals surface area contributed by atoms with Gasteiger partial charge in [-0.05, 0) is 45.1 Å². The first-order valence-electron chi connectivity index (χ1n) is 6.63. The van der Waals surface area contributed by atoms with Gasteiger partial charge in [0.15, 0.2) is 0 Å². The molecule has 0 unspecified atom stereocenters. The van der Waals surface area contributed by atoms with E-state index >= 15 is 0 Å². The lowest BCUT2D eigenvalue weighted by Gasteiger charge is -2.22. The van der Waals surface area contributed by atoms with Crippen LogP contribution < -0.4 is 11.1 Å². The lowest BCUT2D eigenvalue weighted by Crippen LogP contribution is -2.46. The second-order valence-electron chi connectivity index (χ2n) is 5.36. The molecule has 0 aliphatic rings. The van der Waals surface area contributed by atoms with Crippen molar-refractivity contribution in [2.45, 2.75) is 58.6 Å². The molecule has 3 N–H and O–H groups in total. The average molecular weight is 290 g/mol. The summed E-state index contributed by atoms with van der Waals surface area (Å²) >= 11 is 1.76. The lowest BCUT2D eigenvalue weighted by molar-refractivity contribution is -0.120. The first kappa shape index (κ1) is 18.1. The van der Waals surface area contributed by atoms with Gasteiger partial charge in [-0.3, -0.25) is 4.79 Å². The summed E-state index contributed by atoms with van der Waals surface area (Å²) in [5, 5.41) is 2.51. The maximum Gasteiger partial charge on any atom is 0.408 e. The van der Waals surface area contributed by atoms with Crippen molar-refractivity contribution in [2.24, 2.45) is 5.73 Å². The second kappa shape index (κ2) is 9.07. The zero-order chi connectivity index (χ0) is 14.9. The molecule has 2 amide bonds. The Morgan fingerprint density at radius 3 is 2.42 bits per heavy atom. The summed E-state index contributed by atoms with van der Waals surface area (Å²) in [6.45, 7) is 7.45. The fraction of sp³-hybridized carbons (Fsp3) is 0.846. The van der Waals surface area contributed by atoms with E-state index in [1.165, 1.54) is 0 Å². The van der Waals surface area contributed by atoms with Crippen LogP contribution >= 0.6 is 11.8 Å². The molecule has 19 heavy (non-hydrogen) atoms. The quantitative estimate of drug-likeness (QED) is 0.672. The molecular formula is C13H26N2O3S. The Balaban J connectivity index is 4.05. The maximum absolute atomic E-state index is 11.6. The van der Waals surface area contributed by atoms with Crippen LogP contribution in [0, 0.1) is 0 Å². The van der Waals surface area contributed by atoms with Crippen molar-refractivity contribution in [1.29, 1.82) is 0 Å². The van der Waals surface area contributed by atoms with E-state index in [9.17, 15) is 9.59 Å². The molecule has 0 aliphatic carbocycles. The molecule has 0 saturated heterocycles. The third-order valence-electron chi connectivity index (χ3n) is 2.23. The zero-order valence-electron chi connectivity index (χ0n) is 12.3. The molecule has 0 aliphatic heterocycles. The zero-order valence-corrected chi connectivity index (χ0v) is 13.1. The van der Waals surface area contributed by atoms with Crippen LogP contribution in [0.5, 0.6) is 0 Å². The Morgan fingerprint density at radius 2 is 1.95 bits per heavy atom. The number of carbonyl (C=O) groups excluding carboxylic acids is 2. The van der Waals surface area contributed by atoms with E-state index in [-0.39, 0.29) is 0 Å². The highest BCUT2D eigenvalue weighted by atomic mass is 32.2. The second-order valence-corrected chi connectivity index (χ2v) is 6.58. The van der Waals surface area contributed by atoms with Crippen LogP contribution in [0.3, 0.4) is 0 Å². The Bertz CT molecular complexity index is 290. The summed E-state index contributed by atoms with van der Waals surface area (Å²) in [6.07, 6.45) is 2.24. The SMILES string of the molecule is CCCCSCC[C@H](NC(=O)OC(C)(C)C)C(N)=O. The van der Waals surface area contributed by atoms with Gasteiger partial charge in [0, 0.05) is 0 Å². The number of nitrogens with two attached hydrogens (primary N) is 1. The van der Waals surface area contributed by atoms with E-state index in [1.54, 1.807) is 32.5 Å². The fourth-order valence-electron chi connectivity index (χ4n) is 1.29. The summed E-state index contributed by atoms with van der Waals surface area (Å²) in [4.78, 5) is 22.8. The van der Waals surface area contributed by atoms with E-state index in [2.05, 4.69) is 12.2 Å². The van der Waals surface area contributed by atoms with E-state index in [0.29, 0.717) is 6.42 Å². The van der Waals surface area contributed by atoms with E-state index in [1.807, 2.05) is 0 Å². The number of hydrogen-bond donors (Lipinski definition) is 2. The summed E-state index contributed by atoms with van der Waals surface area (Å²) in [7, 11) is 0. The highest BCUT2D eigenvalue weighted by molar-refractivity contribution is 7.99. The minimum absolute atomic E-state index is 0.526. The van der Waals surface area contributed by atoms with E-state index in [0.717, 1.165) is 24.3 Å².